The Bertz CT molecular complexity index is 679. The highest BCUT2D eigenvalue weighted by atomic mass is 127. The first kappa shape index (κ1) is 28.4. The number of benzene rings is 1. The first-order valence-electron chi connectivity index (χ1n) is 11.1. The van der Waals surface area contributed by atoms with Crippen molar-refractivity contribution in [1.29, 1.82) is 0 Å². The van der Waals surface area contributed by atoms with Gasteiger partial charge >= 0.3 is 0 Å². The molecule has 0 bridgehead atoms. The van der Waals surface area contributed by atoms with Crippen LogP contribution in [-0.2, 0) is 16.0 Å². The lowest BCUT2D eigenvalue weighted by atomic mass is 10.0. The molecular weight excluding hydrogens is 521 g/mol. The van der Waals surface area contributed by atoms with Crippen LogP contribution in [0.25, 0.3) is 0 Å². The van der Waals surface area contributed by atoms with Crippen molar-refractivity contribution in [2.24, 2.45) is 10.9 Å². The topological polar surface area (TPSA) is 78.4 Å². The van der Waals surface area contributed by atoms with Gasteiger partial charge < -0.3 is 25.0 Å². The fourth-order valence-corrected chi connectivity index (χ4v) is 3.30. The maximum Gasteiger partial charge on any atom is 0.243 e. The Balaban J connectivity index is 0.00000512. The molecule has 9 heteroatoms. The average Bonchev–Trinajstić information content (AvgIpc) is 2.78. The second kappa shape index (κ2) is 16.1. The van der Waals surface area contributed by atoms with E-state index in [1.807, 2.05) is 12.1 Å². The van der Waals surface area contributed by atoms with E-state index >= 15 is 0 Å². The van der Waals surface area contributed by atoms with E-state index in [2.05, 4.69) is 39.6 Å². The van der Waals surface area contributed by atoms with Crippen LogP contribution in [0.1, 0.15) is 18.9 Å². The standard InChI is InChI=1S/C23H39N5O3.HI/c1-19(16-20-6-8-21(30-4)9-7-20)17-25-23(26-18-22(29)27(2)3)24-10-5-11-28-12-14-31-15-13-28;/h6-9,19H,5,10-18H2,1-4H3,(H2,24,25,26);1H. The third kappa shape index (κ3) is 11.3. The molecule has 0 aliphatic carbocycles. The molecule has 0 radical (unpaired) electrons. The summed E-state index contributed by atoms with van der Waals surface area (Å²) in [5, 5.41) is 6.79. The zero-order chi connectivity index (χ0) is 22.5. The largest absolute Gasteiger partial charge is 0.497 e. The summed E-state index contributed by atoms with van der Waals surface area (Å²) in [6, 6.07) is 8.18. The number of hydrogen-bond acceptors (Lipinski definition) is 5. The monoisotopic (exact) mass is 561 g/mol. The zero-order valence-corrected chi connectivity index (χ0v) is 22.3. The molecule has 1 unspecified atom stereocenters. The second-order valence-electron chi connectivity index (χ2n) is 8.23. The number of methoxy groups -OCH3 is 1. The molecule has 1 atom stereocenters. The zero-order valence-electron chi connectivity index (χ0n) is 19.9. The summed E-state index contributed by atoms with van der Waals surface area (Å²) >= 11 is 0. The normalized spacial score (nSPS) is 15.4. The molecule has 1 saturated heterocycles. The van der Waals surface area contributed by atoms with Gasteiger partial charge in [0.1, 0.15) is 12.3 Å². The Kier molecular flexibility index (Phi) is 14.3. The van der Waals surface area contributed by atoms with Crippen LogP contribution in [0.15, 0.2) is 29.3 Å². The predicted octanol–water partition coefficient (Wildman–Crippen LogP) is 1.84. The molecule has 1 amide bonds. The molecule has 0 saturated carbocycles. The van der Waals surface area contributed by atoms with E-state index in [0.717, 1.165) is 64.5 Å². The van der Waals surface area contributed by atoms with E-state index in [-0.39, 0.29) is 36.4 Å². The molecule has 2 rings (SSSR count). The lowest BCUT2D eigenvalue weighted by molar-refractivity contribution is -0.127. The minimum atomic E-state index is -0.0132. The predicted molar refractivity (Wildman–Crippen MR) is 140 cm³/mol. The molecule has 1 aromatic carbocycles. The Morgan fingerprint density at radius 2 is 1.91 bits per heavy atom. The van der Waals surface area contributed by atoms with Crippen molar-refractivity contribution < 1.29 is 14.3 Å². The van der Waals surface area contributed by atoms with Gasteiger partial charge in [0.25, 0.3) is 0 Å². The molecule has 1 fully saturated rings. The molecule has 182 valence electrons. The highest BCUT2D eigenvalue weighted by Gasteiger charge is 2.11. The van der Waals surface area contributed by atoms with Gasteiger partial charge in [-0.25, -0.2) is 4.99 Å². The third-order valence-electron chi connectivity index (χ3n) is 5.28. The number of hydrogen-bond donors (Lipinski definition) is 2. The summed E-state index contributed by atoms with van der Waals surface area (Å²) in [6.07, 6.45) is 1.97. The van der Waals surface area contributed by atoms with Gasteiger partial charge in [-0.2, -0.15) is 0 Å². The molecule has 0 spiro atoms. The van der Waals surface area contributed by atoms with Gasteiger partial charge in [0.15, 0.2) is 5.96 Å². The van der Waals surface area contributed by atoms with Crippen LogP contribution in [-0.4, -0.2) is 95.4 Å². The van der Waals surface area contributed by atoms with Gasteiger partial charge in [-0.3, -0.25) is 9.69 Å². The first-order valence-corrected chi connectivity index (χ1v) is 11.1. The van der Waals surface area contributed by atoms with Crippen molar-refractivity contribution in [3.05, 3.63) is 29.8 Å². The molecule has 0 aromatic heterocycles. The molecule has 1 aromatic rings. The molecule has 1 heterocycles. The van der Waals surface area contributed by atoms with Crippen molar-refractivity contribution in [2.45, 2.75) is 19.8 Å². The molecule has 32 heavy (non-hydrogen) atoms. The molecular formula is C23H40IN5O3. The Labute approximate surface area is 210 Å². The van der Waals surface area contributed by atoms with Crippen LogP contribution in [0.4, 0.5) is 0 Å². The number of morpholine rings is 1. The van der Waals surface area contributed by atoms with Gasteiger partial charge in [0.05, 0.1) is 20.3 Å². The van der Waals surface area contributed by atoms with Crippen LogP contribution >= 0.6 is 24.0 Å². The van der Waals surface area contributed by atoms with Gasteiger partial charge in [0.2, 0.25) is 5.91 Å². The van der Waals surface area contributed by atoms with Crippen molar-refractivity contribution in [3.8, 4) is 5.75 Å². The van der Waals surface area contributed by atoms with Crippen LogP contribution in [0.5, 0.6) is 5.75 Å². The number of ether oxygens (including phenoxy) is 2. The summed E-state index contributed by atoms with van der Waals surface area (Å²) < 4.78 is 10.6. The number of carbonyl (C=O) groups excluding carboxylic acids is 1. The van der Waals surface area contributed by atoms with Gasteiger partial charge in [-0.05, 0) is 43.0 Å². The summed E-state index contributed by atoms with van der Waals surface area (Å²) in [6.45, 7) is 8.61. The fraction of sp³-hybridized carbons (Fsp3) is 0.652. The maximum absolute atomic E-state index is 11.9. The van der Waals surface area contributed by atoms with Crippen molar-refractivity contribution in [1.82, 2.24) is 20.4 Å². The number of nitrogens with one attached hydrogen (secondary N) is 2. The van der Waals surface area contributed by atoms with Gasteiger partial charge in [-0.15, -0.1) is 24.0 Å². The number of halogens is 1. The Hall–Kier alpha value is -1.59. The van der Waals surface area contributed by atoms with E-state index in [9.17, 15) is 4.79 Å². The number of likely N-dealkylation sites (N-methyl/N-ethyl adjacent to an activating group) is 1. The molecule has 2 N–H and O–H groups in total. The number of guanidine groups is 1. The minimum absolute atomic E-state index is 0. The quantitative estimate of drug-likeness (QED) is 0.186. The highest BCUT2D eigenvalue weighted by Crippen LogP contribution is 2.14. The Morgan fingerprint density at radius 3 is 2.53 bits per heavy atom. The first-order chi connectivity index (χ1) is 15.0. The van der Waals surface area contributed by atoms with Crippen LogP contribution in [0.2, 0.25) is 0 Å². The van der Waals surface area contributed by atoms with Crippen LogP contribution in [0.3, 0.4) is 0 Å². The van der Waals surface area contributed by atoms with Crippen molar-refractivity contribution >= 4 is 35.8 Å². The maximum atomic E-state index is 11.9. The van der Waals surface area contributed by atoms with Gasteiger partial charge in [-0.1, -0.05) is 19.1 Å². The SMILES string of the molecule is COc1ccc(CC(C)CNC(=NCC(=O)N(C)C)NCCCN2CCOCC2)cc1.I. The van der Waals surface area contributed by atoms with Crippen molar-refractivity contribution in [2.75, 3.05) is 73.7 Å². The summed E-state index contributed by atoms with van der Waals surface area (Å²) in [7, 11) is 5.17. The summed E-state index contributed by atoms with van der Waals surface area (Å²) in [4.78, 5) is 20.4. The Morgan fingerprint density at radius 1 is 1.22 bits per heavy atom. The molecule has 8 nitrogen and oxygen atoms in total. The van der Waals surface area contributed by atoms with E-state index in [1.54, 1.807) is 26.1 Å². The minimum Gasteiger partial charge on any atom is -0.497 e. The van der Waals surface area contributed by atoms with E-state index in [0.29, 0.717) is 11.9 Å². The highest BCUT2D eigenvalue weighted by molar-refractivity contribution is 14.0. The number of nitrogens with zero attached hydrogens (tertiary/aromatic N) is 3. The lowest BCUT2D eigenvalue weighted by Gasteiger charge is -2.26. The van der Waals surface area contributed by atoms with E-state index < -0.39 is 0 Å². The second-order valence-corrected chi connectivity index (χ2v) is 8.23. The molecule has 1 aliphatic heterocycles. The van der Waals surface area contributed by atoms with E-state index in [1.165, 1.54) is 5.56 Å². The van der Waals surface area contributed by atoms with Crippen LogP contribution < -0.4 is 15.4 Å². The van der Waals surface area contributed by atoms with Gasteiger partial charge in [0, 0.05) is 40.3 Å². The average molecular weight is 562 g/mol. The van der Waals surface area contributed by atoms with Crippen LogP contribution in [0, 0.1) is 5.92 Å². The number of amides is 1. The lowest BCUT2D eigenvalue weighted by Crippen LogP contribution is -2.42. The van der Waals surface area contributed by atoms with E-state index in [4.69, 9.17) is 9.47 Å². The number of aliphatic imine (C=N–C) groups is 1. The summed E-state index contributed by atoms with van der Waals surface area (Å²) in [5.74, 6) is 1.97. The number of carbonyl (C=O) groups is 1. The number of rotatable bonds is 11. The summed E-state index contributed by atoms with van der Waals surface area (Å²) in [5.41, 5.74) is 1.27. The fourth-order valence-electron chi connectivity index (χ4n) is 3.30. The smallest absolute Gasteiger partial charge is 0.243 e. The molecule has 1 aliphatic rings. The third-order valence-corrected chi connectivity index (χ3v) is 5.28. The van der Waals surface area contributed by atoms with Crippen molar-refractivity contribution in [3.63, 3.8) is 0 Å².